The maximum atomic E-state index is 12.0. The van der Waals surface area contributed by atoms with Gasteiger partial charge < -0.3 is 10.4 Å². The molecule has 0 aliphatic heterocycles. The Hall–Kier alpha value is -1.31. The van der Waals surface area contributed by atoms with Crippen LogP contribution in [-0.2, 0) is 0 Å². The highest BCUT2D eigenvalue weighted by molar-refractivity contribution is 7.14. The largest absolute Gasteiger partial charge is 0.384 e. The molecule has 1 amide bonds. The molecule has 1 aromatic heterocycles. The second-order valence-corrected chi connectivity index (χ2v) is 6.28. The third kappa shape index (κ3) is 5.77. The van der Waals surface area contributed by atoms with Gasteiger partial charge in [0.1, 0.15) is 6.61 Å². The standard InChI is InChI=1S/C16H23NO2S/c1-12(2)7-4-5-9-17-16(19)15-11-13(3)14(20-15)8-6-10-18/h11-12,18H,4-5,7,9-10H2,1-3H3,(H,17,19). The van der Waals surface area contributed by atoms with Gasteiger partial charge in [-0.2, -0.15) is 0 Å². The van der Waals surface area contributed by atoms with E-state index in [2.05, 4.69) is 31.0 Å². The van der Waals surface area contributed by atoms with E-state index in [0.717, 1.165) is 35.7 Å². The van der Waals surface area contributed by atoms with Crippen LogP contribution in [0.1, 0.15) is 53.2 Å². The molecule has 0 aromatic carbocycles. The molecule has 1 heterocycles. The van der Waals surface area contributed by atoms with Crippen LogP contribution in [0.4, 0.5) is 0 Å². The Morgan fingerprint density at radius 3 is 2.85 bits per heavy atom. The van der Waals surface area contributed by atoms with Gasteiger partial charge in [-0.25, -0.2) is 0 Å². The second-order valence-electron chi connectivity index (χ2n) is 5.23. The average molecular weight is 293 g/mol. The lowest BCUT2D eigenvalue weighted by molar-refractivity contribution is 0.0957. The maximum Gasteiger partial charge on any atom is 0.261 e. The van der Waals surface area contributed by atoms with Gasteiger partial charge in [-0.1, -0.05) is 38.5 Å². The smallest absolute Gasteiger partial charge is 0.261 e. The topological polar surface area (TPSA) is 49.3 Å². The van der Waals surface area contributed by atoms with E-state index in [-0.39, 0.29) is 12.5 Å². The number of carbonyl (C=O) groups excluding carboxylic acids is 1. The molecule has 110 valence electrons. The van der Waals surface area contributed by atoms with Crippen LogP contribution in [0.5, 0.6) is 0 Å². The minimum Gasteiger partial charge on any atom is -0.384 e. The minimum atomic E-state index is -0.158. The molecule has 0 radical (unpaired) electrons. The van der Waals surface area contributed by atoms with Gasteiger partial charge in [0.25, 0.3) is 5.91 Å². The van der Waals surface area contributed by atoms with Gasteiger partial charge in [-0.3, -0.25) is 4.79 Å². The summed E-state index contributed by atoms with van der Waals surface area (Å²) in [7, 11) is 0. The van der Waals surface area contributed by atoms with E-state index in [4.69, 9.17) is 5.11 Å². The van der Waals surface area contributed by atoms with Gasteiger partial charge in [0.15, 0.2) is 0 Å². The number of unbranched alkanes of at least 4 members (excludes halogenated alkanes) is 1. The van der Waals surface area contributed by atoms with Crippen molar-refractivity contribution in [1.29, 1.82) is 0 Å². The molecule has 1 aromatic rings. The number of rotatable bonds is 6. The molecule has 2 N–H and O–H groups in total. The van der Waals surface area contributed by atoms with Crippen molar-refractivity contribution in [2.45, 2.75) is 40.0 Å². The van der Waals surface area contributed by atoms with Crippen molar-refractivity contribution in [3.05, 3.63) is 21.4 Å². The van der Waals surface area contributed by atoms with Gasteiger partial charge in [0, 0.05) is 6.54 Å². The van der Waals surface area contributed by atoms with Gasteiger partial charge >= 0.3 is 0 Å². The highest BCUT2D eigenvalue weighted by Crippen LogP contribution is 2.20. The van der Waals surface area contributed by atoms with Crippen LogP contribution in [0.3, 0.4) is 0 Å². The van der Waals surface area contributed by atoms with Crippen LogP contribution >= 0.6 is 11.3 Å². The molecule has 20 heavy (non-hydrogen) atoms. The third-order valence-electron chi connectivity index (χ3n) is 2.92. The third-order valence-corrected chi connectivity index (χ3v) is 4.07. The highest BCUT2D eigenvalue weighted by Gasteiger charge is 2.10. The van der Waals surface area contributed by atoms with Gasteiger partial charge in [0.2, 0.25) is 0 Å². The van der Waals surface area contributed by atoms with Crippen molar-refractivity contribution in [3.63, 3.8) is 0 Å². The van der Waals surface area contributed by atoms with Crippen molar-refractivity contribution >= 4 is 17.2 Å². The molecule has 0 atom stereocenters. The SMILES string of the molecule is Cc1cc(C(=O)NCCCCC(C)C)sc1C#CCO. The Morgan fingerprint density at radius 2 is 2.20 bits per heavy atom. The molecular weight excluding hydrogens is 270 g/mol. The molecule has 0 aliphatic carbocycles. The minimum absolute atomic E-state index is 0.0281. The average Bonchev–Trinajstić information content (AvgIpc) is 2.77. The summed E-state index contributed by atoms with van der Waals surface area (Å²) in [5.74, 6) is 6.17. The summed E-state index contributed by atoms with van der Waals surface area (Å²) in [5.41, 5.74) is 0.987. The lowest BCUT2D eigenvalue weighted by Crippen LogP contribution is -2.23. The predicted octanol–water partition coefficient (Wildman–Crippen LogP) is 2.96. The summed E-state index contributed by atoms with van der Waals surface area (Å²) in [4.78, 5) is 13.5. The van der Waals surface area contributed by atoms with Crippen LogP contribution in [0.15, 0.2) is 6.07 Å². The molecule has 0 fully saturated rings. The molecule has 0 unspecified atom stereocenters. The first-order valence-electron chi connectivity index (χ1n) is 7.03. The van der Waals surface area contributed by atoms with Crippen LogP contribution < -0.4 is 5.32 Å². The van der Waals surface area contributed by atoms with E-state index in [1.54, 1.807) is 0 Å². The van der Waals surface area contributed by atoms with Crippen molar-refractivity contribution in [1.82, 2.24) is 5.32 Å². The van der Waals surface area contributed by atoms with Crippen molar-refractivity contribution in [2.24, 2.45) is 5.92 Å². The summed E-state index contributed by atoms with van der Waals surface area (Å²) in [6.45, 7) is 6.91. The number of hydrogen-bond acceptors (Lipinski definition) is 3. The fourth-order valence-corrected chi connectivity index (χ4v) is 2.77. The van der Waals surface area contributed by atoms with Gasteiger partial charge in [-0.15, -0.1) is 11.3 Å². The molecule has 0 aliphatic rings. The summed E-state index contributed by atoms with van der Waals surface area (Å²) in [6, 6.07) is 1.86. The monoisotopic (exact) mass is 293 g/mol. The first-order chi connectivity index (χ1) is 9.54. The summed E-state index contributed by atoms with van der Waals surface area (Å²) >= 11 is 1.38. The van der Waals surface area contributed by atoms with E-state index >= 15 is 0 Å². The molecule has 0 saturated carbocycles. The van der Waals surface area contributed by atoms with Crippen LogP contribution in [0.2, 0.25) is 0 Å². The van der Waals surface area contributed by atoms with Gasteiger partial charge in [-0.05, 0) is 30.9 Å². The zero-order valence-corrected chi connectivity index (χ0v) is 13.3. The Bertz CT molecular complexity index is 494. The molecule has 4 heteroatoms. The van der Waals surface area contributed by atoms with E-state index in [0.29, 0.717) is 4.88 Å². The van der Waals surface area contributed by atoms with Gasteiger partial charge in [0.05, 0.1) is 9.75 Å². The number of aliphatic hydroxyl groups is 1. The van der Waals surface area contributed by atoms with Crippen molar-refractivity contribution in [3.8, 4) is 11.8 Å². The zero-order chi connectivity index (χ0) is 15.0. The number of aliphatic hydroxyl groups excluding tert-OH is 1. The van der Waals surface area contributed by atoms with Crippen LogP contribution in [0, 0.1) is 24.7 Å². The summed E-state index contributed by atoms with van der Waals surface area (Å²) in [6.07, 6.45) is 3.37. The fourth-order valence-electron chi connectivity index (χ4n) is 1.80. The predicted molar refractivity (Wildman–Crippen MR) is 84.0 cm³/mol. The number of nitrogens with one attached hydrogen (secondary N) is 1. The first-order valence-corrected chi connectivity index (χ1v) is 7.84. The zero-order valence-electron chi connectivity index (χ0n) is 12.5. The fraction of sp³-hybridized carbons (Fsp3) is 0.562. The Labute approximate surface area is 125 Å². The normalized spacial score (nSPS) is 10.2. The van der Waals surface area contributed by atoms with E-state index in [1.165, 1.54) is 17.8 Å². The van der Waals surface area contributed by atoms with E-state index in [9.17, 15) is 4.79 Å². The first kappa shape index (κ1) is 16.7. The number of carbonyl (C=O) groups is 1. The van der Waals surface area contributed by atoms with Crippen LogP contribution in [0.25, 0.3) is 0 Å². The highest BCUT2D eigenvalue weighted by atomic mass is 32.1. The molecule has 1 rings (SSSR count). The summed E-state index contributed by atoms with van der Waals surface area (Å²) in [5, 5.41) is 11.6. The van der Waals surface area contributed by atoms with E-state index < -0.39 is 0 Å². The number of thiophene rings is 1. The lowest BCUT2D eigenvalue weighted by Gasteiger charge is -2.05. The van der Waals surface area contributed by atoms with Crippen molar-refractivity contribution < 1.29 is 9.90 Å². The number of amides is 1. The Balaban J connectivity index is 2.44. The van der Waals surface area contributed by atoms with Crippen LogP contribution in [-0.4, -0.2) is 24.2 Å². The Kier molecular flexibility index (Phi) is 7.35. The number of aryl methyl sites for hydroxylation is 1. The second kappa shape index (κ2) is 8.78. The molecule has 0 bridgehead atoms. The molecule has 0 spiro atoms. The number of hydrogen-bond donors (Lipinski definition) is 2. The summed E-state index contributed by atoms with van der Waals surface area (Å²) < 4.78 is 0. The quantitative estimate of drug-likeness (QED) is 0.626. The molecular formula is C16H23NO2S. The lowest BCUT2D eigenvalue weighted by atomic mass is 10.1. The molecule has 0 saturated heterocycles. The maximum absolute atomic E-state index is 12.0. The van der Waals surface area contributed by atoms with E-state index in [1.807, 2.05) is 13.0 Å². The Morgan fingerprint density at radius 1 is 1.45 bits per heavy atom. The molecule has 3 nitrogen and oxygen atoms in total. The van der Waals surface area contributed by atoms with Crippen molar-refractivity contribution in [2.75, 3.05) is 13.2 Å².